The zero-order valence-electron chi connectivity index (χ0n) is 12.9. The van der Waals surface area contributed by atoms with Crippen molar-refractivity contribution >= 4 is 40.9 Å². The van der Waals surface area contributed by atoms with Crippen molar-refractivity contribution < 1.29 is 14.3 Å². The first-order valence-corrected chi connectivity index (χ1v) is 7.89. The standard InChI is InChI=1S/C17H16Cl2N2O3/c1-24-16(22)15(7-11-5-3-2-4-6-11)21-17(23)20-14-9-12(18)8-13(19)10-14/h2-6,8-10,15H,7H2,1H3,(H2,20,21,23). The van der Waals surface area contributed by atoms with E-state index < -0.39 is 18.0 Å². The molecule has 2 rings (SSSR count). The molecule has 2 aromatic rings. The van der Waals surface area contributed by atoms with Crippen molar-refractivity contribution in [2.24, 2.45) is 0 Å². The highest BCUT2D eigenvalue weighted by atomic mass is 35.5. The molecule has 0 aliphatic carbocycles. The number of hydrogen-bond donors (Lipinski definition) is 2. The zero-order valence-corrected chi connectivity index (χ0v) is 14.4. The Morgan fingerprint density at radius 1 is 1.08 bits per heavy atom. The minimum atomic E-state index is -0.813. The number of carbonyl (C=O) groups excluding carboxylic acids is 2. The van der Waals surface area contributed by atoms with Gasteiger partial charge in [-0.25, -0.2) is 9.59 Å². The highest BCUT2D eigenvalue weighted by molar-refractivity contribution is 6.35. The Kier molecular flexibility index (Phi) is 6.46. The quantitative estimate of drug-likeness (QED) is 0.788. The SMILES string of the molecule is COC(=O)C(Cc1ccccc1)NC(=O)Nc1cc(Cl)cc(Cl)c1. The maximum absolute atomic E-state index is 12.1. The van der Waals surface area contributed by atoms with E-state index in [0.29, 0.717) is 22.2 Å². The van der Waals surface area contributed by atoms with E-state index in [4.69, 9.17) is 27.9 Å². The summed E-state index contributed by atoms with van der Waals surface area (Å²) >= 11 is 11.8. The molecule has 2 amide bonds. The number of esters is 1. The molecule has 1 unspecified atom stereocenters. The van der Waals surface area contributed by atoms with E-state index in [0.717, 1.165) is 5.56 Å². The summed E-state index contributed by atoms with van der Waals surface area (Å²) < 4.78 is 4.75. The van der Waals surface area contributed by atoms with E-state index in [9.17, 15) is 9.59 Å². The molecule has 24 heavy (non-hydrogen) atoms. The number of ether oxygens (including phenoxy) is 1. The average molecular weight is 367 g/mol. The third kappa shape index (κ3) is 5.44. The molecule has 7 heteroatoms. The normalized spacial score (nSPS) is 11.5. The van der Waals surface area contributed by atoms with Gasteiger partial charge in [-0.3, -0.25) is 0 Å². The van der Waals surface area contributed by atoms with Crippen molar-refractivity contribution in [1.82, 2.24) is 5.32 Å². The van der Waals surface area contributed by atoms with Gasteiger partial charge in [0.2, 0.25) is 0 Å². The molecular weight excluding hydrogens is 351 g/mol. The van der Waals surface area contributed by atoms with Crippen LogP contribution in [0.2, 0.25) is 10.0 Å². The van der Waals surface area contributed by atoms with Crippen LogP contribution < -0.4 is 10.6 Å². The van der Waals surface area contributed by atoms with Crippen LogP contribution in [0.1, 0.15) is 5.56 Å². The number of halogens is 2. The van der Waals surface area contributed by atoms with E-state index in [1.807, 2.05) is 30.3 Å². The van der Waals surface area contributed by atoms with Crippen LogP contribution in [-0.2, 0) is 16.0 Å². The first-order chi connectivity index (χ1) is 11.5. The number of urea groups is 1. The summed E-state index contributed by atoms with van der Waals surface area (Å²) in [7, 11) is 1.27. The van der Waals surface area contributed by atoms with Crippen LogP contribution in [0.5, 0.6) is 0 Å². The molecule has 0 saturated carbocycles. The largest absolute Gasteiger partial charge is 0.467 e. The first-order valence-electron chi connectivity index (χ1n) is 7.13. The van der Waals surface area contributed by atoms with Gasteiger partial charge in [-0.1, -0.05) is 53.5 Å². The summed E-state index contributed by atoms with van der Waals surface area (Å²) in [5.74, 6) is -0.530. The maximum Gasteiger partial charge on any atom is 0.328 e. The van der Waals surface area contributed by atoms with E-state index >= 15 is 0 Å². The van der Waals surface area contributed by atoms with Crippen molar-refractivity contribution in [2.75, 3.05) is 12.4 Å². The first kappa shape index (κ1) is 18.1. The summed E-state index contributed by atoms with van der Waals surface area (Å²) in [5.41, 5.74) is 1.33. The summed E-state index contributed by atoms with van der Waals surface area (Å²) in [5, 5.41) is 5.97. The maximum atomic E-state index is 12.1. The Morgan fingerprint density at radius 2 is 1.71 bits per heavy atom. The minimum absolute atomic E-state index is 0.317. The molecule has 0 radical (unpaired) electrons. The van der Waals surface area contributed by atoms with Gasteiger partial charge in [0.25, 0.3) is 0 Å². The third-order valence-corrected chi connectivity index (χ3v) is 3.63. The topological polar surface area (TPSA) is 67.4 Å². The van der Waals surface area contributed by atoms with Crippen LogP contribution in [0.25, 0.3) is 0 Å². The summed E-state index contributed by atoms with van der Waals surface area (Å²) in [6.45, 7) is 0. The molecule has 2 N–H and O–H groups in total. The monoisotopic (exact) mass is 366 g/mol. The molecule has 0 heterocycles. The Balaban J connectivity index is 2.05. The Hall–Kier alpha value is -2.24. The number of hydrogen-bond acceptors (Lipinski definition) is 3. The van der Waals surface area contributed by atoms with Gasteiger partial charge >= 0.3 is 12.0 Å². The number of carbonyl (C=O) groups is 2. The predicted octanol–water partition coefficient (Wildman–Crippen LogP) is 3.90. The smallest absolute Gasteiger partial charge is 0.328 e. The Bertz CT molecular complexity index is 703. The average Bonchev–Trinajstić information content (AvgIpc) is 2.53. The number of nitrogens with one attached hydrogen (secondary N) is 2. The fraction of sp³-hybridized carbons (Fsp3) is 0.176. The van der Waals surface area contributed by atoms with Gasteiger partial charge in [0.05, 0.1) is 7.11 Å². The molecule has 126 valence electrons. The van der Waals surface area contributed by atoms with Crippen molar-refractivity contribution in [3.05, 3.63) is 64.1 Å². The van der Waals surface area contributed by atoms with Crippen LogP contribution in [0.4, 0.5) is 10.5 Å². The van der Waals surface area contributed by atoms with Gasteiger partial charge in [-0.15, -0.1) is 0 Å². The van der Waals surface area contributed by atoms with Crippen LogP contribution in [0.3, 0.4) is 0 Å². The van der Waals surface area contributed by atoms with Gasteiger partial charge in [-0.2, -0.15) is 0 Å². The number of methoxy groups -OCH3 is 1. The molecule has 2 aromatic carbocycles. The molecule has 0 fully saturated rings. The van der Waals surface area contributed by atoms with Crippen LogP contribution in [0.15, 0.2) is 48.5 Å². The molecule has 0 aromatic heterocycles. The highest BCUT2D eigenvalue weighted by Gasteiger charge is 2.22. The van der Waals surface area contributed by atoms with Crippen molar-refractivity contribution in [2.45, 2.75) is 12.5 Å². The van der Waals surface area contributed by atoms with Gasteiger partial charge in [-0.05, 0) is 23.8 Å². The van der Waals surface area contributed by atoms with Crippen molar-refractivity contribution in [3.8, 4) is 0 Å². The number of rotatable bonds is 5. The van der Waals surface area contributed by atoms with E-state index in [1.165, 1.54) is 7.11 Å². The molecule has 0 saturated heterocycles. The minimum Gasteiger partial charge on any atom is -0.467 e. The lowest BCUT2D eigenvalue weighted by Gasteiger charge is -2.17. The van der Waals surface area contributed by atoms with Crippen LogP contribution in [-0.4, -0.2) is 25.2 Å². The van der Waals surface area contributed by atoms with Gasteiger partial charge < -0.3 is 15.4 Å². The number of benzene rings is 2. The van der Waals surface area contributed by atoms with Gasteiger partial charge in [0, 0.05) is 22.2 Å². The highest BCUT2D eigenvalue weighted by Crippen LogP contribution is 2.22. The van der Waals surface area contributed by atoms with Crippen LogP contribution >= 0.6 is 23.2 Å². The van der Waals surface area contributed by atoms with E-state index in [-0.39, 0.29) is 0 Å². The summed E-state index contributed by atoms with van der Waals surface area (Å²) in [6.07, 6.45) is 0.317. The van der Waals surface area contributed by atoms with Crippen molar-refractivity contribution in [3.63, 3.8) is 0 Å². The molecule has 0 aliphatic rings. The zero-order chi connectivity index (χ0) is 17.5. The molecule has 0 bridgehead atoms. The molecular formula is C17H16Cl2N2O3. The van der Waals surface area contributed by atoms with Crippen LogP contribution in [0, 0.1) is 0 Å². The predicted molar refractivity (Wildman–Crippen MR) is 94.6 cm³/mol. The summed E-state index contributed by atoms with van der Waals surface area (Å²) in [4.78, 5) is 24.0. The second-order valence-corrected chi connectivity index (χ2v) is 5.89. The summed E-state index contributed by atoms with van der Waals surface area (Å²) in [6, 6.07) is 12.6. The molecule has 5 nitrogen and oxygen atoms in total. The van der Waals surface area contributed by atoms with E-state index in [2.05, 4.69) is 10.6 Å². The lowest BCUT2D eigenvalue weighted by molar-refractivity contribution is -0.142. The lowest BCUT2D eigenvalue weighted by Crippen LogP contribution is -2.45. The molecule has 0 aliphatic heterocycles. The number of amides is 2. The van der Waals surface area contributed by atoms with Gasteiger partial charge in [0.1, 0.15) is 6.04 Å². The molecule has 1 atom stereocenters. The number of anilines is 1. The van der Waals surface area contributed by atoms with E-state index in [1.54, 1.807) is 18.2 Å². The lowest BCUT2D eigenvalue weighted by atomic mass is 10.1. The fourth-order valence-corrected chi connectivity index (χ4v) is 2.66. The Morgan fingerprint density at radius 3 is 2.29 bits per heavy atom. The second-order valence-electron chi connectivity index (χ2n) is 5.02. The second kappa shape index (κ2) is 8.57. The Labute approximate surface area is 149 Å². The van der Waals surface area contributed by atoms with Crippen molar-refractivity contribution in [1.29, 1.82) is 0 Å². The third-order valence-electron chi connectivity index (χ3n) is 3.19. The molecule has 0 spiro atoms. The van der Waals surface area contributed by atoms with Gasteiger partial charge in [0.15, 0.2) is 0 Å². The fourth-order valence-electron chi connectivity index (χ4n) is 2.14.